The second kappa shape index (κ2) is 23.5. The molecule has 0 aliphatic carbocycles. The first-order valence-corrected chi connectivity index (χ1v) is 0. The molecule has 0 saturated heterocycles. The van der Waals surface area contributed by atoms with Gasteiger partial charge in [0.05, 0.1) is 0 Å². The SMILES string of the molecule is [Bi].[K].[Li].[Nb].[Ta]. The summed E-state index contributed by atoms with van der Waals surface area (Å²) in [4.78, 5) is 0. The van der Waals surface area contributed by atoms with E-state index in [2.05, 4.69) is 0 Å². The third-order valence-corrected chi connectivity index (χ3v) is 0. The Bertz CT molecular complexity index is 11.6. The van der Waals surface area contributed by atoms with Crippen LogP contribution in [0.15, 0.2) is 0 Å². The quantitative estimate of drug-likeness (QED) is 0.349. The summed E-state index contributed by atoms with van der Waals surface area (Å²) >= 11 is 0. The van der Waals surface area contributed by atoms with Gasteiger partial charge in [-0.05, 0) is 0 Å². The summed E-state index contributed by atoms with van der Waals surface area (Å²) in [5, 5.41) is 0. The van der Waals surface area contributed by atoms with E-state index in [0.717, 1.165) is 0 Å². The molecule has 0 unspecified atom stereocenters. The molecule has 0 N–H and O–H groups in total. The van der Waals surface area contributed by atoms with Gasteiger partial charge < -0.3 is 0 Å². The minimum Gasteiger partial charge on any atom is 0 e. The zero-order valence-corrected chi connectivity index (χ0v) is 15.4. The summed E-state index contributed by atoms with van der Waals surface area (Å²) in [7, 11) is 0. The molecule has 0 heterocycles. The van der Waals surface area contributed by atoms with Crippen LogP contribution < -0.4 is 0 Å². The van der Waals surface area contributed by atoms with Crippen molar-refractivity contribution in [1.29, 1.82) is 0 Å². The van der Waals surface area contributed by atoms with Gasteiger partial charge in [0.1, 0.15) is 0 Å². The summed E-state index contributed by atoms with van der Waals surface area (Å²) in [5.41, 5.74) is 0. The first-order chi connectivity index (χ1) is 0. The Morgan fingerprint density at radius 2 is 1.00 bits per heavy atom. The fourth-order valence-electron chi connectivity index (χ4n) is 0. The summed E-state index contributed by atoms with van der Waals surface area (Å²) in [6.45, 7) is 0. The van der Waals surface area contributed by atoms with Gasteiger partial charge in [-0.25, -0.2) is 0 Å². The van der Waals surface area contributed by atoms with Crippen molar-refractivity contribution in [2.45, 2.75) is 0 Å². The van der Waals surface area contributed by atoms with E-state index < -0.39 is 0 Å². The van der Waals surface area contributed by atoms with Crippen LogP contribution in [0.4, 0.5) is 0 Å². The molecule has 0 nitrogen and oxygen atoms in total. The van der Waals surface area contributed by atoms with Crippen molar-refractivity contribution < 1.29 is 44.8 Å². The van der Waals surface area contributed by atoms with E-state index in [0.29, 0.717) is 0 Å². The van der Waals surface area contributed by atoms with Crippen molar-refractivity contribution in [2.75, 3.05) is 0 Å². The monoisotopic (exact) mass is 529 g/mol. The smallest absolute Gasteiger partial charge is 0 e. The number of rotatable bonds is 0. The molecular formula is BiKLiNbTa. The van der Waals surface area contributed by atoms with E-state index >= 15 is 0 Å². The van der Waals surface area contributed by atoms with Gasteiger partial charge in [0.2, 0.25) is 0 Å². The third-order valence-electron chi connectivity index (χ3n) is 0. The molecule has 0 aliphatic heterocycles. The Balaban J connectivity index is 0. The van der Waals surface area contributed by atoms with Crippen LogP contribution in [0, 0.1) is 0 Å². The van der Waals surface area contributed by atoms with E-state index in [1.165, 1.54) is 0 Å². The zero-order chi connectivity index (χ0) is 0. The summed E-state index contributed by atoms with van der Waals surface area (Å²) in [6, 6.07) is 0. The van der Waals surface area contributed by atoms with Crippen LogP contribution in [0.3, 0.4) is 0 Å². The van der Waals surface area contributed by atoms with Gasteiger partial charge in [-0.2, -0.15) is 0 Å². The van der Waals surface area contributed by atoms with E-state index in [9.17, 15) is 0 Å². The van der Waals surface area contributed by atoms with Crippen LogP contribution in [-0.4, -0.2) is 96.4 Å². The fraction of sp³-hybridized carbons (Fsp3) is 0. The Kier molecular flexibility index (Phi) is 158. The molecule has 0 amide bonds. The van der Waals surface area contributed by atoms with Crippen LogP contribution in [0.5, 0.6) is 0 Å². The van der Waals surface area contributed by atoms with E-state index in [4.69, 9.17) is 0 Å². The molecular weight excluding hydrogens is 529 g/mol. The van der Waals surface area contributed by atoms with E-state index in [1.807, 2.05) is 0 Å². The number of hydrogen-bond donors (Lipinski definition) is 0. The van der Waals surface area contributed by atoms with Gasteiger partial charge in [-0.3, -0.25) is 0 Å². The fourth-order valence-corrected chi connectivity index (χ4v) is 0. The van der Waals surface area contributed by atoms with Crippen LogP contribution in [0.1, 0.15) is 0 Å². The Labute approximate surface area is 137 Å². The van der Waals surface area contributed by atoms with Crippen molar-refractivity contribution in [2.24, 2.45) is 0 Å². The molecule has 0 aromatic rings. The van der Waals surface area contributed by atoms with Crippen molar-refractivity contribution in [3.05, 3.63) is 0 Å². The molecule has 0 aliphatic rings. The average molecular weight is 529 g/mol. The maximum Gasteiger partial charge on any atom is 0 e. The van der Waals surface area contributed by atoms with Crippen molar-refractivity contribution in [3.8, 4) is 0 Å². The molecule has 7 radical (unpaired) electrons. The van der Waals surface area contributed by atoms with Gasteiger partial charge in [0.25, 0.3) is 0 Å². The molecule has 0 bridgehead atoms. The van der Waals surface area contributed by atoms with Crippen molar-refractivity contribution in [3.63, 3.8) is 0 Å². The maximum absolute atomic E-state index is 0. The van der Waals surface area contributed by atoms with Crippen LogP contribution in [0.2, 0.25) is 0 Å². The largest absolute Gasteiger partial charge is 0 e. The Morgan fingerprint density at radius 3 is 1.00 bits per heavy atom. The molecule has 0 saturated carbocycles. The molecule has 0 aromatic carbocycles. The molecule has 5 heavy (non-hydrogen) atoms. The van der Waals surface area contributed by atoms with Gasteiger partial charge in [-0.15, -0.1) is 0 Å². The van der Waals surface area contributed by atoms with E-state index in [1.54, 1.807) is 0 Å². The average Bonchev–Trinajstić information content (AvgIpc) is 0. The minimum atomic E-state index is 0. The van der Waals surface area contributed by atoms with Gasteiger partial charge in [0, 0.05) is 141 Å². The molecule has 0 atom stereocenters. The molecule has 0 aromatic heterocycles. The summed E-state index contributed by atoms with van der Waals surface area (Å²) in [5.74, 6) is 0. The van der Waals surface area contributed by atoms with E-state index in [-0.39, 0.29) is 141 Å². The standard InChI is InChI=1S/Bi.K.Li.Nb.Ta. The first kappa shape index (κ1) is 33.6. The van der Waals surface area contributed by atoms with Crippen LogP contribution >= 0.6 is 0 Å². The van der Waals surface area contributed by atoms with Gasteiger partial charge in [0.15, 0.2) is 0 Å². The zero-order valence-electron chi connectivity index (χ0n) is 3.34. The normalized spacial score (nSPS) is 0. The predicted molar refractivity (Wildman–Crippen MR) is 17.3 cm³/mol. The summed E-state index contributed by atoms with van der Waals surface area (Å²) < 4.78 is 0. The maximum atomic E-state index is 0. The second-order valence-electron chi connectivity index (χ2n) is 0. The molecule has 0 rings (SSSR count). The molecule has 5 heteroatoms. The molecule has 17 valence electrons. The van der Waals surface area contributed by atoms with Crippen molar-refractivity contribution >= 4 is 96.4 Å². The first-order valence-electron chi connectivity index (χ1n) is 0. The van der Waals surface area contributed by atoms with Crippen LogP contribution in [0.25, 0.3) is 0 Å². The Hall–Kier alpha value is 4.60. The predicted octanol–water partition coefficient (Wildman–Crippen LogP) is -1.15. The molecule has 0 spiro atoms. The summed E-state index contributed by atoms with van der Waals surface area (Å²) in [6.07, 6.45) is 0. The van der Waals surface area contributed by atoms with Gasteiger partial charge in [-0.1, -0.05) is 0 Å². The van der Waals surface area contributed by atoms with Crippen molar-refractivity contribution in [1.82, 2.24) is 0 Å². The second-order valence-corrected chi connectivity index (χ2v) is 0. The number of hydrogen-bond acceptors (Lipinski definition) is 0. The minimum absolute atomic E-state index is 0. The molecule has 0 fully saturated rings. The Morgan fingerprint density at radius 1 is 1.00 bits per heavy atom. The van der Waals surface area contributed by atoms with Gasteiger partial charge >= 0.3 is 0 Å². The third kappa shape index (κ3) is 17.7. The topological polar surface area (TPSA) is 0 Å². The van der Waals surface area contributed by atoms with Crippen LogP contribution in [-0.2, 0) is 44.8 Å².